The number of nitrogens with one attached hydrogen (secondary N) is 1. The number of halogens is 2. The summed E-state index contributed by atoms with van der Waals surface area (Å²) in [7, 11) is -1.88. The van der Waals surface area contributed by atoms with Crippen LogP contribution in [0.1, 0.15) is 17.5 Å². The minimum absolute atomic E-state index is 0.261. The van der Waals surface area contributed by atoms with Gasteiger partial charge in [-0.3, -0.25) is 9.58 Å². The van der Waals surface area contributed by atoms with E-state index in [0.717, 1.165) is 52.5 Å². The molecule has 0 saturated carbocycles. The van der Waals surface area contributed by atoms with E-state index in [9.17, 15) is 21.2 Å². The lowest BCUT2D eigenvalue weighted by Gasteiger charge is -2.20. The molecule has 16 heteroatoms. The lowest BCUT2D eigenvalue weighted by atomic mass is 10.2. The lowest BCUT2D eigenvalue weighted by Crippen LogP contribution is -2.34. The fourth-order valence-electron chi connectivity index (χ4n) is 5.15. The number of nitrogens with zero attached hydrogens (tertiary/aromatic N) is 7. The number of sulfonamides is 1. The zero-order valence-electron chi connectivity index (χ0n) is 24.1. The maximum Gasteiger partial charge on any atom is 0.229 e. The van der Waals surface area contributed by atoms with Crippen LogP contribution in [0.4, 0.5) is 15.9 Å². The van der Waals surface area contributed by atoms with Gasteiger partial charge in [0.1, 0.15) is 17.7 Å². The molecule has 44 heavy (non-hydrogen) atoms. The highest BCUT2D eigenvalue weighted by Crippen LogP contribution is 2.27. The summed E-state index contributed by atoms with van der Waals surface area (Å²) in [5, 5.41) is 13.3. The Morgan fingerprint density at radius 1 is 0.955 bits per heavy atom. The molecule has 3 aromatic heterocycles. The molecule has 1 aliphatic rings. The monoisotopic (exact) mass is 662 g/mol. The standard InChI is InChI=1S/C27H29FN8O2S.CH3ClO2S/c1-39(37,38)34-10-3-9-33(12-13-34)18-21-8-11-35-26(21)27(29-19-31-35)32-24-6-7-25-22(15-24)16-30-36(25)17-20-4-2-5-23(28)14-20;1-5(2,3)4/h2,4-8,11,14-16,19H,3,9-10,12-13,17-18H2,1H3,(H,29,31,32);1H3. The van der Waals surface area contributed by atoms with Crippen LogP contribution in [-0.2, 0) is 32.2 Å². The maximum absolute atomic E-state index is 13.6. The summed E-state index contributed by atoms with van der Waals surface area (Å²) >= 11 is 0. The van der Waals surface area contributed by atoms with Crippen LogP contribution >= 0.6 is 10.7 Å². The van der Waals surface area contributed by atoms with Crippen molar-refractivity contribution in [3.63, 3.8) is 0 Å². The third-order valence-corrected chi connectivity index (χ3v) is 8.38. The van der Waals surface area contributed by atoms with Crippen molar-refractivity contribution in [1.82, 2.24) is 33.6 Å². The van der Waals surface area contributed by atoms with Crippen LogP contribution in [0.15, 0.2) is 67.3 Å². The Hall–Kier alpha value is -3.63. The van der Waals surface area contributed by atoms with Gasteiger partial charge in [-0.15, -0.1) is 0 Å². The number of hydrogen-bond acceptors (Lipinski definition) is 9. The van der Waals surface area contributed by atoms with Gasteiger partial charge in [-0.2, -0.15) is 10.2 Å². The van der Waals surface area contributed by atoms with Crippen LogP contribution in [-0.4, -0.2) is 89.1 Å². The average Bonchev–Trinajstić information content (AvgIpc) is 3.43. The van der Waals surface area contributed by atoms with E-state index in [-0.39, 0.29) is 5.82 Å². The Morgan fingerprint density at radius 3 is 2.50 bits per heavy atom. The molecule has 0 aliphatic carbocycles. The molecule has 234 valence electrons. The molecule has 0 spiro atoms. The van der Waals surface area contributed by atoms with Crippen molar-refractivity contribution in [2.24, 2.45) is 0 Å². The first-order chi connectivity index (χ1) is 20.8. The van der Waals surface area contributed by atoms with Crippen LogP contribution in [0.5, 0.6) is 0 Å². The molecule has 0 atom stereocenters. The van der Waals surface area contributed by atoms with E-state index in [2.05, 4.69) is 36.1 Å². The third-order valence-electron chi connectivity index (χ3n) is 7.07. The van der Waals surface area contributed by atoms with Crippen LogP contribution in [0.2, 0.25) is 0 Å². The summed E-state index contributed by atoms with van der Waals surface area (Å²) < 4.78 is 61.6. The van der Waals surface area contributed by atoms with Crippen molar-refractivity contribution in [1.29, 1.82) is 0 Å². The van der Waals surface area contributed by atoms with Crippen molar-refractivity contribution >= 4 is 57.7 Å². The number of anilines is 2. The number of aromatic nitrogens is 5. The predicted molar refractivity (Wildman–Crippen MR) is 169 cm³/mol. The Morgan fingerprint density at radius 2 is 1.75 bits per heavy atom. The van der Waals surface area contributed by atoms with E-state index in [4.69, 9.17) is 0 Å². The molecule has 0 bridgehead atoms. The Balaban J connectivity index is 0.000000712. The molecule has 0 radical (unpaired) electrons. The Bertz CT molecular complexity index is 1990. The lowest BCUT2D eigenvalue weighted by molar-refractivity contribution is 0.280. The average molecular weight is 663 g/mol. The van der Waals surface area contributed by atoms with Crippen molar-refractivity contribution < 1.29 is 21.2 Å². The minimum atomic E-state index is -3.19. The number of rotatable bonds is 7. The number of benzene rings is 2. The van der Waals surface area contributed by atoms with Gasteiger partial charge in [-0.05, 0) is 60.5 Å². The zero-order valence-corrected chi connectivity index (χ0v) is 26.5. The second-order valence-corrected chi connectivity index (χ2v) is 15.6. The van der Waals surface area contributed by atoms with Crippen molar-refractivity contribution in [2.45, 2.75) is 19.5 Å². The zero-order chi connectivity index (χ0) is 31.5. The van der Waals surface area contributed by atoms with Crippen molar-refractivity contribution in [2.75, 3.05) is 44.0 Å². The first kappa shape index (κ1) is 31.8. The smallest absolute Gasteiger partial charge is 0.229 e. The van der Waals surface area contributed by atoms with Gasteiger partial charge in [-0.1, -0.05) is 12.1 Å². The highest BCUT2D eigenvalue weighted by molar-refractivity contribution is 8.13. The van der Waals surface area contributed by atoms with Gasteiger partial charge >= 0.3 is 0 Å². The van der Waals surface area contributed by atoms with Gasteiger partial charge in [0.15, 0.2) is 5.82 Å². The summed E-state index contributed by atoms with van der Waals surface area (Å²) in [6.45, 7) is 3.66. The maximum atomic E-state index is 13.6. The second-order valence-electron chi connectivity index (χ2n) is 10.5. The second kappa shape index (κ2) is 13.2. The SMILES string of the molecule is CS(=O)(=O)Cl.CS(=O)(=O)N1CCCN(Cc2ccn3ncnc(Nc4ccc5c(cnn5Cc5cccc(F)c5)c4)c23)CC1. The third kappa shape index (κ3) is 8.30. The van der Waals surface area contributed by atoms with Crippen LogP contribution in [0.3, 0.4) is 0 Å². The van der Waals surface area contributed by atoms with E-state index in [1.165, 1.54) is 24.7 Å². The molecule has 2 aromatic carbocycles. The first-order valence-electron chi connectivity index (χ1n) is 13.7. The molecular formula is C28H32ClFN8O4S2. The minimum Gasteiger partial charge on any atom is -0.338 e. The van der Waals surface area contributed by atoms with Crippen molar-refractivity contribution in [3.8, 4) is 0 Å². The van der Waals surface area contributed by atoms with Crippen LogP contribution in [0.25, 0.3) is 16.4 Å². The molecule has 0 unspecified atom stereocenters. The highest BCUT2D eigenvalue weighted by Gasteiger charge is 2.22. The highest BCUT2D eigenvalue weighted by atomic mass is 35.7. The van der Waals surface area contributed by atoms with E-state index < -0.39 is 19.1 Å². The van der Waals surface area contributed by atoms with E-state index >= 15 is 0 Å². The Kier molecular flexibility index (Phi) is 9.51. The van der Waals surface area contributed by atoms with Crippen LogP contribution < -0.4 is 5.32 Å². The van der Waals surface area contributed by atoms with Crippen LogP contribution in [0, 0.1) is 5.82 Å². The quantitative estimate of drug-likeness (QED) is 0.259. The summed E-state index contributed by atoms with van der Waals surface area (Å²) in [5.41, 5.74) is 4.60. The van der Waals surface area contributed by atoms with E-state index in [1.807, 2.05) is 41.2 Å². The molecule has 12 nitrogen and oxygen atoms in total. The van der Waals surface area contributed by atoms with E-state index in [1.54, 1.807) is 21.1 Å². The molecule has 1 saturated heterocycles. The van der Waals surface area contributed by atoms with Gasteiger partial charge in [0, 0.05) is 54.1 Å². The van der Waals surface area contributed by atoms with Gasteiger partial charge in [0.25, 0.3) is 0 Å². The summed E-state index contributed by atoms with van der Waals surface area (Å²) in [5.74, 6) is 0.423. The molecule has 1 aliphatic heterocycles. The van der Waals surface area contributed by atoms with E-state index in [0.29, 0.717) is 38.5 Å². The number of hydrogen-bond donors (Lipinski definition) is 1. The van der Waals surface area contributed by atoms with Gasteiger partial charge in [0.05, 0.1) is 30.8 Å². The topological polar surface area (TPSA) is 135 Å². The molecular weight excluding hydrogens is 631 g/mol. The summed E-state index contributed by atoms with van der Waals surface area (Å²) in [6.07, 6.45) is 8.22. The fraction of sp³-hybridized carbons (Fsp3) is 0.321. The normalized spacial score (nSPS) is 15.2. The largest absolute Gasteiger partial charge is 0.338 e. The van der Waals surface area contributed by atoms with Gasteiger partial charge in [-0.25, -0.2) is 35.0 Å². The molecule has 6 rings (SSSR count). The summed E-state index contributed by atoms with van der Waals surface area (Å²) in [4.78, 5) is 6.81. The molecule has 0 amide bonds. The molecule has 1 fully saturated rings. The summed E-state index contributed by atoms with van der Waals surface area (Å²) in [6, 6.07) is 14.6. The number of fused-ring (bicyclic) bond motifs is 2. The first-order valence-corrected chi connectivity index (χ1v) is 18.3. The predicted octanol–water partition coefficient (Wildman–Crippen LogP) is 3.66. The Labute approximate surface area is 259 Å². The van der Waals surface area contributed by atoms with Gasteiger partial charge < -0.3 is 5.32 Å². The molecule has 5 aromatic rings. The van der Waals surface area contributed by atoms with Gasteiger partial charge in [0.2, 0.25) is 19.1 Å². The fourth-order valence-corrected chi connectivity index (χ4v) is 6.03. The van der Waals surface area contributed by atoms with Crippen molar-refractivity contribution in [3.05, 3.63) is 84.2 Å². The molecule has 1 N–H and O–H groups in total. The molecule has 4 heterocycles.